The van der Waals surface area contributed by atoms with Gasteiger partial charge in [-0.3, -0.25) is 10.1 Å². The Morgan fingerprint density at radius 1 is 1.36 bits per heavy atom. The number of carbonyl (C=O) groups is 3. The van der Waals surface area contributed by atoms with E-state index in [0.717, 1.165) is 6.08 Å². The number of methoxy groups -OCH3 is 1. The summed E-state index contributed by atoms with van der Waals surface area (Å²) >= 11 is 6.11. The van der Waals surface area contributed by atoms with E-state index in [1.54, 1.807) is 12.1 Å². The van der Waals surface area contributed by atoms with Crippen LogP contribution in [0, 0.1) is 0 Å². The van der Waals surface area contributed by atoms with Gasteiger partial charge in [-0.25, -0.2) is 9.59 Å². The molecular formula is C16H19ClN2O6. The summed E-state index contributed by atoms with van der Waals surface area (Å²) < 4.78 is 15.5. The van der Waals surface area contributed by atoms with Crippen molar-refractivity contribution in [3.63, 3.8) is 0 Å². The number of hydrogen-bond donors (Lipinski definition) is 2. The second-order valence-electron chi connectivity index (χ2n) is 4.73. The molecule has 0 aliphatic rings. The predicted octanol–water partition coefficient (Wildman–Crippen LogP) is 1.89. The number of ether oxygens (including phenoxy) is 3. The van der Waals surface area contributed by atoms with Gasteiger partial charge in [-0.1, -0.05) is 11.6 Å². The lowest BCUT2D eigenvalue weighted by Gasteiger charge is -2.12. The highest BCUT2D eigenvalue weighted by atomic mass is 35.5. The fourth-order valence-corrected chi connectivity index (χ4v) is 2.10. The first-order valence-corrected chi connectivity index (χ1v) is 7.65. The third-order valence-electron chi connectivity index (χ3n) is 2.86. The highest BCUT2D eigenvalue weighted by Gasteiger charge is 2.17. The third-order valence-corrected chi connectivity index (χ3v) is 3.14. The molecule has 3 amide bonds. The van der Waals surface area contributed by atoms with E-state index in [4.69, 9.17) is 31.5 Å². The zero-order chi connectivity index (χ0) is 19.0. The number of carbonyl (C=O) groups excluding carboxylic acids is 3. The zero-order valence-corrected chi connectivity index (χ0v) is 14.8. The minimum absolute atomic E-state index is 0.315. The zero-order valence-electron chi connectivity index (χ0n) is 14.0. The number of esters is 1. The Morgan fingerprint density at radius 2 is 2.04 bits per heavy atom. The van der Waals surface area contributed by atoms with E-state index in [1.807, 2.05) is 12.2 Å². The van der Waals surface area contributed by atoms with Crippen LogP contribution >= 0.6 is 11.6 Å². The van der Waals surface area contributed by atoms with Crippen molar-refractivity contribution in [2.75, 3.05) is 13.7 Å². The number of rotatable bonds is 7. The number of nitrogens with two attached hydrogens (primary N) is 1. The molecule has 9 heteroatoms. The van der Waals surface area contributed by atoms with Crippen molar-refractivity contribution in [3.05, 3.63) is 28.8 Å². The summed E-state index contributed by atoms with van der Waals surface area (Å²) in [7, 11) is 1.47. The number of primary amides is 1. The van der Waals surface area contributed by atoms with E-state index < -0.39 is 24.0 Å². The number of hydrogen-bond acceptors (Lipinski definition) is 6. The molecule has 0 aliphatic carbocycles. The summed E-state index contributed by atoms with van der Waals surface area (Å²) in [5.41, 5.74) is 5.38. The average Bonchev–Trinajstić information content (AvgIpc) is 2.52. The fourth-order valence-electron chi connectivity index (χ4n) is 1.80. The van der Waals surface area contributed by atoms with Gasteiger partial charge in [-0.05, 0) is 37.6 Å². The Balaban J connectivity index is 2.82. The third kappa shape index (κ3) is 6.34. The molecule has 1 rings (SSSR count). The number of amides is 3. The van der Waals surface area contributed by atoms with Gasteiger partial charge in [-0.15, -0.1) is 0 Å². The summed E-state index contributed by atoms with van der Waals surface area (Å²) in [4.78, 5) is 33.8. The molecule has 0 aliphatic heterocycles. The second kappa shape index (κ2) is 9.53. The molecule has 0 saturated heterocycles. The highest BCUT2D eigenvalue weighted by molar-refractivity contribution is 6.32. The molecule has 1 atom stereocenters. The van der Waals surface area contributed by atoms with Crippen molar-refractivity contribution in [1.29, 1.82) is 0 Å². The molecule has 0 spiro atoms. The quantitative estimate of drug-likeness (QED) is 0.559. The van der Waals surface area contributed by atoms with Crippen molar-refractivity contribution in [2.24, 2.45) is 5.73 Å². The number of urea groups is 1. The van der Waals surface area contributed by atoms with Crippen LogP contribution in [0.4, 0.5) is 4.79 Å². The van der Waals surface area contributed by atoms with Crippen molar-refractivity contribution < 1.29 is 28.6 Å². The Hall–Kier alpha value is -2.74. The largest absolute Gasteiger partial charge is 0.491 e. The summed E-state index contributed by atoms with van der Waals surface area (Å²) in [5, 5.41) is 2.13. The molecular weight excluding hydrogens is 352 g/mol. The molecule has 0 aromatic heterocycles. The average molecular weight is 371 g/mol. The maximum Gasteiger partial charge on any atom is 0.331 e. The van der Waals surface area contributed by atoms with Crippen LogP contribution in [0.15, 0.2) is 18.2 Å². The molecule has 0 unspecified atom stereocenters. The van der Waals surface area contributed by atoms with E-state index in [2.05, 4.69) is 0 Å². The van der Waals surface area contributed by atoms with Crippen LogP contribution in [0.25, 0.3) is 6.08 Å². The lowest BCUT2D eigenvalue weighted by molar-refractivity contribution is -0.149. The Morgan fingerprint density at radius 3 is 2.60 bits per heavy atom. The Bertz CT molecular complexity index is 689. The lowest BCUT2D eigenvalue weighted by atomic mass is 10.2. The number of benzene rings is 1. The highest BCUT2D eigenvalue weighted by Crippen LogP contribution is 2.36. The second-order valence-corrected chi connectivity index (χ2v) is 5.14. The molecule has 0 bridgehead atoms. The SMILES string of the molecule is CCOc1cc(/C=C/C(=O)O[C@@H](C)C(=O)NC(N)=O)cc(Cl)c1OC. The molecule has 8 nitrogen and oxygen atoms in total. The first kappa shape index (κ1) is 20.3. The van der Waals surface area contributed by atoms with Crippen LogP contribution in [0.2, 0.25) is 5.02 Å². The maximum atomic E-state index is 11.7. The van der Waals surface area contributed by atoms with Crippen LogP contribution in [0.3, 0.4) is 0 Å². The number of nitrogens with one attached hydrogen (secondary N) is 1. The minimum Gasteiger partial charge on any atom is -0.491 e. The van der Waals surface area contributed by atoms with Crippen molar-refractivity contribution >= 4 is 35.6 Å². The van der Waals surface area contributed by atoms with Gasteiger partial charge in [0.1, 0.15) is 0 Å². The first-order chi connectivity index (χ1) is 11.8. The van der Waals surface area contributed by atoms with Gasteiger partial charge in [0.25, 0.3) is 5.91 Å². The van der Waals surface area contributed by atoms with Crippen LogP contribution in [0.1, 0.15) is 19.4 Å². The normalized spacial score (nSPS) is 11.7. The summed E-state index contributed by atoms with van der Waals surface area (Å²) in [5.74, 6) is -0.780. The molecule has 0 heterocycles. The topological polar surface area (TPSA) is 117 Å². The molecule has 3 N–H and O–H groups in total. The molecule has 136 valence electrons. The van der Waals surface area contributed by atoms with Gasteiger partial charge in [0, 0.05) is 6.08 Å². The van der Waals surface area contributed by atoms with Gasteiger partial charge < -0.3 is 19.9 Å². The van der Waals surface area contributed by atoms with Gasteiger partial charge in [0.15, 0.2) is 17.6 Å². The molecule has 25 heavy (non-hydrogen) atoms. The van der Waals surface area contributed by atoms with E-state index >= 15 is 0 Å². The van der Waals surface area contributed by atoms with Gasteiger partial charge in [0.05, 0.1) is 18.7 Å². The van der Waals surface area contributed by atoms with E-state index in [1.165, 1.54) is 20.1 Å². The monoisotopic (exact) mass is 370 g/mol. The van der Waals surface area contributed by atoms with Gasteiger partial charge in [0.2, 0.25) is 0 Å². The van der Waals surface area contributed by atoms with E-state index in [0.29, 0.717) is 28.7 Å². The molecule has 0 saturated carbocycles. The lowest BCUT2D eigenvalue weighted by Crippen LogP contribution is -2.42. The molecule has 0 fully saturated rings. The van der Waals surface area contributed by atoms with Crippen LogP contribution < -0.4 is 20.5 Å². The standard InChI is InChI=1S/C16H19ClN2O6/c1-4-24-12-8-10(7-11(17)14(12)23-3)5-6-13(20)25-9(2)15(21)19-16(18)22/h5-9H,4H2,1-3H3,(H3,18,19,21,22)/b6-5+/t9-/m0/s1. The summed E-state index contributed by atoms with van der Waals surface area (Å²) in [6, 6.07) is 2.19. The molecule has 0 radical (unpaired) electrons. The fraction of sp³-hybridized carbons (Fsp3) is 0.312. The van der Waals surface area contributed by atoms with E-state index in [-0.39, 0.29) is 0 Å². The van der Waals surface area contributed by atoms with Crippen LogP contribution in [-0.2, 0) is 14.3 Å². The van der Waals surface area contributed by atoms with Crippen molar-refractivity contribution in [2.45, 2.75) is 20.0 Å². The van der Waals surface area contributed by atoms with Gasteiger partial charge in [-0.2, -0.15) is 0 Å². The van der Waals surface area contributed by atoms with Crippen LogP contribution in [-0.4, -0.2) is 37.7 Å². The number of imide groups is 1. The van der Waals surface area contributed by atoms with E-state index in [9.17, 15) is 14.4 Å². The Kier molecular flexibility index (Phi) is 7.74. The van der Waals surface area contributed by atoms with Crippen molar-refractivity contribution in [3.8, 4) is 11.5 Å². The summed E-state index contributed by atoms with van der Waals surface area (Å²) in [6.07, 6.45) is 1.37. The summed E-state index contributed by atoms with van der Waals surface area (Å²) in [6.45, 7) is 3.53. The molecule has 1 aromatic rings. The molecule has 1 aromatic carbocycles. The smallest absolute Gasteiger partial charge is 0.331 e. The maximum absolute atomic E-state index is 11.7. The Labute approximate surface area is 149 Å². The van der Waals surface area contributed by atoms with Gasteiger partial charge >= 0.3 is 12.0 Å². The number of halogens is 1. The first-order valence-electron chi connectivity index (χ1n) is 7.27. The van der Waals surface area contributed by atoms with Crippen molar-refractivity contribution in [1.82, 2.24) is 5.32 Å². The predicted molar refractivity (Wildman–Crippen MR) is 91.5 cm³/mol. The minimum atomic E-state index is -1.18. The van der Waals surface area contributed by atoms with Crippen LogP contribution in [0.5, 0.6) is 11.5 Å².